The first-order valence-corrected chi connectivity index (χ1v) is 19.2. The molecule has 0 fully saturated rings. The van der Waals surface area contributed by atoms with Crippen molar-refractivity contribution in [3.05, 3.63) is 45.0 Å². The quantitative estimate of drug-likeness (QED) is 0.360. The minimum Gasteiger partial charge on any atom is -0.147 e. The zero-order valence-corrected chi connectivity index (χ0v) is 26.0. The van der Waals surface area contributed by atoms with Crippen molar-refractivity contribution in [1.29, 1.82) is 0 Å². The van der Waals surface area contributed by atoms with Crippen molar-refractivity contribution in [2.45, 2.75) is 85.7 Å². The molecule has 0 spiro atoms. The molecule has 0 heterocycles. The number of aryl methyl sites for hydroxylation is 1. The summed E-state index contributed by atoms with van der Waals surface area (Å²) >= 11 is -1.93. The summed E-state index contributed by atoms with van der Waals surface area (Å²) in [6.45, 7) is 26.3. The van der Waals surface area contributed by atoms with E-state index < -0.39 is 33.9 Å². The van der Waals surface area contributed by atoms with Crippen LogP contribution in [0.25, 0.3) is 0 Å². The normalized spacial score (nSPS) is 14.2. The van der Waals surface area contributed by atoms with Gasteiger partial charge in [0.05, 0.1) is 0 Å². The summed E-state index contributed by atoms with van der Waals surface area (Å²) in [5.74, 6) is 1.10. The van der Waals surface area contributed by atoms with Gasteiger partial charge in [-0.3, -0.25) is 0 Å². The fraction of sp³-hybridized carbons (Fsp3) is 0.542. The predicted molar refractivity (Wildman–Crippen MR) is 144 cm³/mol. The first-order chi connectivity index (χ1) is 12.6. The number of hydrogen-bond acceptors (Lipinski definition) is 1. The number of halogens is 2. The molecule has 30 heavy (non-hydrogen) atoms. The summed E-state index contributed by atoms with van der Waals surface area (Å²) in [6.07, 6.45) is 5.86. The van der Waals surface area contributed by atoms with Gasteiger partial charge in [0.15, 0.2) is 0 Å². The number of benzene rings is 1. The van der Waals surface area contributed by atoms with Crippen LogP contribution in [0, 0.1) is 6.92 Å². The topological polar surface area (TPSA) is 9.23 Å². The molecule has 1 aliphatic carbocycles. The van der Waals surface area contributed by atoms with Gasteiger partial charge in [-0.05, 0) is 0 Å². The van der Waals surface area contributed by atoms with E-state index in [1.165, 1.54) is 14.6 Å². The molecule has 2 rings (SSSR count). The standard InChI is InChI=1S/C13H22OSi.C8H13Si.C3H6.2ClH.Ti/c1-10-7-11(14)9-12(8-10)15(5,6)13(2,3)4;1-9(2,3)8-6-4-5-7-8;1-3-2;;;/h7-9,14H,1-6H3;4,6H,5H2,1-3H3;1-2H3;2*1H;/q;;;;;+1/p-1. The average molecular weight is 522 g/mol. The molecule has 1 aromatic carbocycles. The molecule has 1 aromatic rings. The van der Waals surface area contributed by atoms with Gasteiger partial charge in [0.25, 0.3) is 0 Å². The van der Waals surface area contributed by atoms with Gasteiger partial charge in [0.1, 0.15) is 0 Å². The Morgan fingerprint density at radius 3 is 2.00 bits per heavy atom. The Balaban J connectivity index is 0.00000420. The molecule has 1 nitrogen and oxygen atoms in total. The molecule has 0 N–H and O–H groups in total. The van der Waals surface area contributed by atoms with Crippen LogP contribution in [0.15, 0.2) is 39.4 Å². The third-order valence-electron chi connectivity index (χ3n) is 6.34. The van der Waals surface area contributed by atoms with Crippen molar-refractivity contribution in [2.24, 2.45) is 0 Å². The van der Waals surface area contributed by atoms with E-state index in [0.29, 0.717) is 5.04 Å². The number of rotatable bonds is 5. The van der Waals surface area contributed by atoms with Gasteiger partial charge in [-0.1, -0.05) is 0 Å². The number of allylic oxidation sites excluding steroid dienone is 4. The second-order valence-corrected chi connectivity index (χ2v) is 25.3. The summed E-state index contributed by atoms with van der Waals surface area (Å²) < 4.78 is 10.0. The fourth-order valence-electron chi connectivity index (χ4n) is 3.61. The second-order valence-electron chi connectivity index (χ2n) is 11.1. The largest absolute Gasteiger partial charge is 0.147 e. The van der Waals surface area contributed by atoms with Crippen LogP contribution in [0.2, 0.25) is 37.8 Å². The van der Waals surface area contributed by atoms with Crippen molar-refractivity contribution in [1.82, 2.24) is 0 Å². The van der Waals surface area contributed by atoms with E-state index >= 15 is 0 Å². The van der Waals surface area contributed by atoms with Crippen LogP contribution < -0.4 is 8.51 Å². The van der Waals surface area contributed by atoms with Crippen molar-refractivity contribution >= 4 is 50.0 Å². The van der Waals surface area contributed by atoms with Gasteiger partial charge in [0, 0.05) is 0 Å². The summed E-state index contributed by atoms with van der Waals surface area (Å²) in [5, 5.41) is 3.48. The van der Waals surface area contributed by atoms with Gasteiger partial charge in [0.2, 0.25) is 0 Å². The maximum Gasteiger partial charge on any atom is -0.147 e. The second kappa shape index (κ2) is 10.8. The Kier molecular flexibility index (Phi) is 10.8. The minimum atomic E-state index is -1.93. The Labute approximate surface area is 206 Å². The summed E-state index contributed by atoms with van der Waals surface area (Å²) in [4.78, 5) is 0. The summed E-state index contributed by atoms with van der Waals surface area (Å²) in [5.41, 5.74) is 1.33. The van der Waals surface area contributed by atoms with Gasteiger partial charge < -0.3 is 0 Å². The summed E-state index contributed by atoms with van der Waals surface area (Å²) in [7, 11) is -2.92. The predicted octanol–water partition coefficient (Wildman–Crippen LogP) is 7.77. The van der Waals surface area contributed by atoms with E-state index in [9.17, 15) is 0 Å². The van der Waals surface area contributed by atoms with Crippen molar-refractivity contribution in [2.75, 3.05) is 0 Å². The molecule has 0 amide bonds. The third-order valence-corrected chi connectivity index (χ3v) is 18.0. The van der Waals surface area contributed by atoms with Crippen LogP contribution in [0.5, 0.6) is 5.75 Å². The molecule has 0 saturated heterocycles. The first kappa shape index (κ1) is 30.1. The van der Waals surface area contributed by atoms with Crippen molar-refractivity contribution < 1.29 is 21.1 Å². The van der Waals surface area contributed by atoms with Gasteiger partial charge in [-0.2, -0.15) is 0 Å². The number of hydrogen-bond donors (Lipinski definition) is 0. The smallest absolute Gasteiger partial charge is 0.147 e. The monoisotopic (exact) mass is 520 g/mol. The van der Waals surface area contributed by atoms with E-state index in [1.807, 2.05) is 0 Å². The minimum absolute atomic E-state index is 0. The molecule has 0 atom stereocenters. The molecular weight excluding hydrogens is 479 g/mol. The first-order valence-electron chi connectivity index (χ1n) is 10.5. The van der Waals surface area contributed by atoms with E-state index in [1.54, 1.807) is 9.07 Å². The third kappa shape index (κ3) is 6.80. The molecule has 0 bridgehead atoms. The molecule has 1 aliphatic rings. The van der Waals surface area contributed by atoms with E-state index in [0.717, 1.165) is 12.2 Å². The van der Waals surface area contributed by atoms with Crippen LogP contribution in [0.3, 0.4) is 0 Å². The Hall–Kier alpha value is 0.0981. The zero-order valence-electron chi connectivity index (χ0n) is 20.8. The molecular formula is C24H42Cl2OSi2Ti. The van der Waals surface area contributed by atoms with E-state index in [-0.39, 0.29) is 24.8 Å². The Morgan fingerprint density at radius 2 is 1.53 bits per heavy atom. The average Bonchev–Trinajstić information content (AvgIpc) is 3.00. The molecule has 0 saturated carbocycles. The maximum atomic E-state index is 6.89. The molecule has 6 heteroatoms. The molecule has 0 unspecified atom stereocenters. The van der Waals surface area contributed by atoms with Crippen LogP contribution in [-0.4, -0.2) is 20.0 Å². The van der Waals surface area contributed by atoms with Gasteiger partial charge in [-0.15, -0.1) is 24.8 Å². The molecule has 170 valence electrons. The Bertz CT molecular complexity index is 853. The van der Waals surface area contributed by atoms with Crippen LogP contribution in [0.4, 0.5) is 0 Å². The van der Waals surface area contributed by atoms with Gasteiger partial charge in [-0.25, -0.2) is 0 Å². The SMILES string of the molecule is C[C](C)=[Ti]([O]c1cc(C)cc([Si](C)(C)C(C)(C)C)c1)[C]1=C([Si](C)(C)C)C=CC1.Cl.Cl. The maximum absolute atomic E-state index is 6.89. The fourth-order valence-corrected chi connectivity index (χ4v) is 12.4. The van der Waals surface area contributed by atoms with Crippen LogP contribution in [-0.2, 0) is 17.8 Å². The van der Waals surface area contributed by atoms with E-state index in [4.69, 9.17) is 3.32 Å². The molecule has 0 aliphatic heterocycles. The zero-order chi connectivity index (χ0) is 21.5. The van der Waals surface area contributed by atoms with Crippen molar-refractivity contribution in [3.8, 4) is 5.75 Å². The van der Waals surface area contributed by atoms with Crippen molar-refractivity contribution in [3.63, 3.8) is 0 Å². The van der Waals surface area contributed by atoms with Gasteiger partial charge >= 0.3 is 183 Å². The molecule has 0 aromatic heterocycles. The Morgan fingerprint density at radius 1 is 0.967 bits per heavy atom. The van der Waals surface area contributed by atoms with Crippen LogP contribution >= 0.6 is 24.8 Å². The van der Waals surface area contributed by atoms with E-state index in [2.05, 4.69) is 105 Å². The van der Waals surface area contributed by atoms with Crippen LogP contribution in [0.1, 0.15) is 46.6 Å². The molecule has 0 radical (unpaired) electrons. The summed E-state index contributed by atoms with van der Waals surface area (Å²) in [6, 6.07) is 7.03.